The van der Waals surface area contributed by atoms with Crippen molar-refractivity contribution in [3.8, 4) is 5.69 Å². The highest BCUT2D eigenvalue weighted by atomic mass is 35.5. The summed E-state index contributed by atoms with van der Waals surface area (Å²) in [5, 5.41) is 7.23. The van der Waals surface area contributed by atoms with Gasteiger partial charge in [0.15, 0.2) is 5.82 Å². The van der Waals surface area contributed by atoms with Gasteiger partial charge in [-0.25, -0.2) is 4.39 Å². The smallest absolute Gasteiger partial charge is 0.165 e. The van der Waals surface area contributed by atoms with Crippen molar-refractivity contribution in [2.75, 3.05) is 0 Å². The van der Waals surface area contributed by atoms with E-state index in [1.54, 1.807) is 12.1 Å². The van der Waals surface area contributed by atoms with Crippen LogP contribution >= 0.6 is 11.6 Å². The van der Waals surface area contributed by atoms with Crippen molar-refractivity contribution in [1.82, 2.24) is 14.8 Å². The summed E-state index contributed by atoms with van der Waals surface area (Å²) >= 11 is 5.60. The molecular formula is C8H5ClFN3. The van der Waals surface area contributed by atoms with E-state index in [2.05, 4.69) is 10.2 Å². The lowest BCUT2D eigenvalue weighted by Crippen LogP contribution is -1.94. The molecule has 0 spiro atoms. The van der Waals surface area contributed by atoms with Crippen LogP contribution in [0.3, 0.4) is 0 Å². The second-order valence-corrected chi connectivity index (χ2v) is 2.85. The van der Waals surface area contributed by atoms with Crippen LogP contribution in [0.2, 0.25) is 5.02 Å². The number of hydrogen-bond acceptors (Lipinski definition) is 2. The molecule has 0 radical (unpaired) electrons. The van der Waals surface area contributed by atoms with E-state index in [0.29, 0.717) is 5.69 Å². The Bertz CT molecular complexity index is 413. The topological polar surface area (TPSA) is 30.7 Å². The van der Waals surface area contributed by atoms with Crippen LogP contribution in [0.15, 0.2) is 30.9 Å². The predicted octanol–water partition coefficient (Wildman–Crippen LogP) is 2.06. The molecule has 0 N–H and O–H groups in total. The number of halogens is 2. The number of hydrogen-bond donors (Lipinski definition) is 0. The molecule has 0 aliphatic rings. The molecule has 2 aromatic rings. The second-order valence-electron chi connectivity index (χ2n) is 2.44. The van der Waals surface area contributed by atoms with Crippen LogP contribution in [-0.4, -0.2) is 14.8 Å². The van der Waals surface area contributed by atoms with Gasteiger partial charge in [-0.15, -0.1) is 10.2 Å². The summed E-state index contributed by atoms with van der Waals surface area (Å²) in [6.07, 6.45) is 2.82. The zero-order chi connectivity index (χ0) is 9.26. The summed E-state index contributed by atoms with van der Waals surface area (Å²) in [6, 6.07) is 4.76. The van der Waals surface area contributed by atoms with E-state index >= 15 is 0 Å². The van der Waals surface area contributed by atoms with Crippen LogP contribution in [0.25, 0.3) is 5.69 Å². The molecule has 1 heterocycles. The fraction of sp³-hybridized carbons (Fsp3) is 0. The van der Waals surface area contributed by atoms with Gasteiger partial charge in [0.2, 0.25) is 0 Å². The fourth-order valence-electron chi connectivity index (χ4n) is 1.02. The Morgan fingerprint density at radius 3 is 2.62 bits per heavy atom. The van der Waals surface area contributed by atoms with Gasteiger partial charge in [-0.3, -0.25) is 4.57 Å². The van der Waals surface area contributed by atoms with E-state index in [1.807, 2.05) is 0 Å². The molecular weight excluding hydrogens is 193 g/mol. The van der Waals surface area contributed by atoms with Crippen molar-refractivity contribution in [2.24, 2.45) is 0 Å². The molecule has 0 bridgehead atoms. The Hall–Kier alpha value is -1.42. The molecule has 5 heteroatoms. The molecule has 3 nitrogen and oxygen atoms in total. The number of rotatable bonds is 1. The molecule has 0 saturated heterocycles. The average Bonchev–Trinajstić information content (AvgIpc) is 2.62. The van der Waals surface area contributed by atoms with Crippen LogP contribution in [-0.2, 0) is 0 Å². The molecule has 66 valence electrons. The van der Waals surface area contributed by atoms with Crippen molar-refractivity contribution in [3.63, 3.8) is 0 Å². The summed E-state index contributed by atoms with van der Waals surface area (Å²) in [7, 11) is 0. The normalized spacial score (nSPS) is 10.3. The number of aromatic nitrogens is 3. The quantitative estimate of drug-likeness (QED) is 0.701. The third-order valence-electron chi connectivity index (χ3n) is 1.63. The third kappa shape index (κ3) is 1.40. The van der Waals surface area contributed by atoms with Crippen LogP contribution in [0.4, 0.5) is 4.39 Å². The standard InChI is InChI=1S/C8H5ClFN3/c9-6-2-1-3-7(8(6)10)13-4-11-12-5-13/h1-5H. The maximum Gasteiger partial charge on any atom is 0.165 e. The van der Waals surface area contributed by atoms with Crippen molar-refractivity contribution in [3.05, 3.63) is 41.7 Å². The van der Waals surface area contributed by atoms with Gasteiger partial charge < -0.3 is 0 Å². The minimum Gasteiger partial charge on any atom is -0.285 e. The van der Waals surface area contributed by atoms with E-state index in [0.717, 1.165) is 0 Å². The maximum absolute atomic E-state index is 13.4. The summed E-state index contributed by atoms with van der Waals surface area (Å²) in [6.45, 7) is 0. The molecule has 13 heavy (non-hydrogen) atoms. The number of benzene rings is 1. The van der Waals surface area contributed by atoms with Gasteiger partial charge in [0.1, 0.15) is 12.7 Å². The monoisotopic (exact) mass is 197 g/mol. The Morgan fingerprint density at radius 2 is 1.92 bits per heavy atom. The van der Waals surface area contributed by atoms with Crippen molar-refractivity contribution in [2.45, 2.75) is 0 Å². The summed E-state index contributed by atoms with van der Waals surface area (Å²) < 4.78 is 14.8. The molecule has 0 aliphatic heterocycles. The largest absolute Gasteiger partial charge is 0.285 e. The van der Waals surface area contributed by atoms with Crippen molar-refractivity contribution < 1.29 is 4.39 Å². The Kier molecular flexibility index (Phi) is 1.98. The first-order chi connectivity index (χ1) is 6.29. The van der Waals surface area contributed by atoms with E-state index in [-0.39, 0.29) is 5.02 Å². The van der Waals surface area contributed by atoms with Gasteiger partial charge in [0.25, 0.3) is 0 Å². The highest BCUT2D eigenvalue weighted by molar-refractivity contribution is 6.30. The molecule has 0 atom stereocenters. The van der Waals surface area contributed by atoms with Crippen molar-refractivity contribution >= 4 is 11.6 Å². The minimum absolute atomic E-state index is 0.0891. The van der Waals surface area contributed by atoms with Crippen LogP contribution < -0.4 is 0 Å². The molecule has 1 aromatic carbocycles. The lowest BCUT2D eigenvalue weighted by molar-refractivity contribution is 0.618. The fourth-order valence-corrected chi connectivity index (χ4v) is 1.19. The molecule has 0 amide bonds. The molecule has 0 aliphatic carbocycles. The number of nitrogens with zero attached hydrogens (tertiary/aromatic N) is 3. The van der Waals surface area contributed by atoms with Crippen LogP contribution in [0, 0.1) is 5.82 Å². The van der Waals surface area contributed by atoms with E-state index in [4.69, 9.17) is 11.6 Å². The highest BCUT2D eigenvalue weighted by Crippen LogP contribution is 2.20. The Labute approximate surface area is 78.8 Å². The molecule has 1 aromatic heterocycles. The zero-order valence-corrected chi connectivity index (χ0v) is 7.24. The van der Waals surface area contributed by atoms with Gasteiger partial charge >= 0.3 is 0 Å². The van der Waals surface area contributed by atoms with Crippen LogP contribution in [0.1, 0.15) is 0 Å². The SMILES string of the molecule is Fc1c(Cl)cccc1-n1cnnc1. The van der Waals surface area contributed by atoms with Gasteiger partial charge in [0.05, 0.1) is 10.7 Å². The molecule has 0 fully saturated rings. The lowest BCUT2D eigenvalue weighted by atomic mass is 10.3. The summed E-state index contributed by atoms with van der Waals surface area (Å²) in [5.41, 5.74) is 0.345. The predicted molar refractivity (Wildman–Crippen MR) is 46.3 cm³/mol. The average molecular weight is 198 g/mol. The van der Waals surface area contributed by atoms with Gasteiger partial charge in [-0.2, -0.15) is 0 Å². The molecule has 2 rings (SSSR count). The minimum atomic E-state index is -0.469. The van der Waals surface area contributed by atoms with E-state index in [1.165, 1.54) is 23.3 Å². The highest BCUT2D eigenvalue weighted by Gasteiger charge is 2.06. The summed E-state index contributed by atoms with van der Waals surface area (Å²) in [5.74, 6) is -0.469. The second kappa shape index (κ2) is 3.14. The first-order valence-electron chi connectivity index (χ1n) is 3.58. The van der Waals surface area contributed by atoms with Crippen LogP contribution in [0.5, 0.6) is 0 Å². The molecule has 0 unspecified atom stereocenters. The van der Waals surface area contributed by atoms with Crippen molar-refractivity contribution in [1.29, 1.82) is 0 Å². The zero-order valence-electron chi connectivity index (χ0n) is 6.48. The van der Waals surface area contributed by atoms with E-state index in [9.17, 15) is 4.39 Å². The lowest BCUT2D eigenvalue weighted by Gasteiger charge is -2.02. The third-order valence-corrected chi connectivity index (χ3v) is 1.92. The van der Waals surface area contributed by atoms with Gasteiger partial charge in [-0.05, 0) is 12.1 Å². The Balaban J connectivity index is 2.59. The first-order valence-corrected chi connectivity index (χ1v) is 3.96. The van der Waals surface area contributed by atoms with E-state index < -0.39 is 5.82 Å². The van der Waals surface area contributed by atoms with Gasteiger partial charge in [0, 0.05) is 0 Å². The summed E-state index contributed by atoms with van der Waals surface area (Å²) in [4.78, 5) is 0. The Morgan fingerprint density at radius 1 is 1.23 bits per heavy atom. The van der Waals surface area contributed by atoms with Gasteiger partial charge in [-0.1, -0.05) is 17.7 Å². The first kappa shape index (κ1) is 8.19. The molecule has 0 saturated carbocycles. The maximum atomic E-state index is 13.4.